The molecule has 1 aromatic heterocycles. The molecule has 0 aliphatic rings. The fraction of sp³-hybridized carbons (Fsp3) is 0.0714. The number of pyridine rings is 1. The monoisotopic (exact) mass is 244 g/mol. The van der Waals surface area contributed by atoms with E-state index in [1.807, 2.05) is 48.7 Å². The van der Waals surface area contributed by atoms with Crippen molar-refractivity contribution in [3.05, 3.63) is 66.5 Å². The van der Waals surface area contributed by atoms with Gasteiger partial charge in [-0.3, -0.25) is 4.98 Å². The maximum atomic E-state index is 5.89. The Morgan fingerprint density at radius 3 is 2.53 bits per heavy atom. The zero-order valence-corrected chi connectivity index (χ0v) is 10.1. The van der Waals surface area contributed by atoms with E-state index in [-0.39, 0.29) is 0 Å². The van der Waals surface area contributed by atoms with E-state index in [2.05, 4.69) is 16.5 Å². The molecule has 0 bridgehead atoms. The molecule has 0 atom stereocenters. The zero-order valence-electron chi connectivity index (χ0n) is 9.38. The summed E-state index contributed by atoms with van der Waals surface area (Å²) >= 11 is 5.89. The van der Waals surface area contributed by atoms with E-state index in [0.29, 0.717) is 0 Å². The van der Waals surface area contributed by atoms with Crippen molar-refractivity contribution in [2.75, 3.05) is 11.4 Å². The highest BCUT2D eigenvalue weighted by Gasteiger charge is 2.06. The molecule has 0 N–H and O–H groups in total. The predicted octanol–water partition coefficient (Wildman–Crippen LogP) is 4.06. The van der Waals surface area contributed by atoms with Crippen LogP contribution in [0.5, 0.6) is 0 Å². The fourth-order valence-electron chi connectivity index (χ4n) is 1.62. The summed E-state index contributed by atoms with van der Waals surface area (Å²) in [6.07, 6.45) is 5.46. The quantitative estimate of drug-likeness (QED) is 0.754. The van der Waals surface area contributed by atoms with E-state index < -0.39 is 0 Å². The molecule has 0 unspecified atom stereocenters. The lowest BCUT2D eigenvalue weighted by atomic mass is 10.2. The molecule has 0 amide bonds. The minimum Gasteiger partial charge on any atom is -0.336 e. The van der Waals surface area contributed by atoms with Gasteiger partial charge in [-0.05, 0) is 36.4 Å². The SMILES string of the molecule is C=CCN(c1ccc(Cl)cc1)c1cccnc1. The summed E-state index contributed by atoms with van der Waals surface area (Å²) in [5.74, 6) is 0. The lowest BCUT2D eigenvalue weighted by Gasteiger charge is -2.23. The minimum atomic E-state index is 0.729. The molecular weight excluding hydrogens is 232 g/mol. The van der Waals surface area contributed by atoms with E-state index in [4.69, 9.17) is 11.6 Å². The fourth-order valence-corrected chi connectivity index (χ4v) is 1.75. The van der Waals surface area contributed by atoms with Crippen LogP contribution in [-0.4, -0.2) is 11.5 Å². The van der Waals surface area contributed by atoms with E-state index >= 15 is 0 Å². The number of hydrogen-bond acceptors (Lipinski definition) is 2. The Morgan fingerprint density at radius 1 is 1.18 bits per heavy atom. The van der Waals surface area contributed by atoms with Crippen LogP contribution in [0.15, 0.2) is 61.4 Å². The van der Waals surface area contributed by atoms with E-state index in [9.17, 15) is 0 Å². The van der Waals surface area contributed by atoms with Crippen molar-refractivity contribution in [1.82, 2.24) is 4.98 Å². The van der Waals surface area contributed by atoms with Crippen molar-refractivity contribution < 1.29 is 0 Å². The molecule has 0 radical (unpaired) electrons. The Balaban J connectivity index is 2.35. The van der Waals surface area contributed by atoms with Gasteiger partial charge < -0.3 is 4.90 Å². The smallest absolute Gasteiger partial charge is 0.0600 e. The van der Waals surface area contributed by atoms with Gasteiger partial charge in [0, 0.05) is 23.5 Å². The van der Waals surface area contributed by atoms with E-state index in [1.54, 1.807) is 6.20 Å². The second kappa shape index (κ2) is 5.51. The third-order valence-corrected chi connectivity index (χ3v) is 2.66. The van der Waals surface area contributed by atoms with Gasteiger partial charge in [0.25, 0.3) is 0 Å². The topological polar surface area (TPSA) is 16.1 Å². The third-order valence-electron chi connectivity index (χ3n) is 2.41. The third kappa shape index (κ3) is 2.86. The Bertz CT molecular complexity index is 479. The van der Waals surface area contributed by atoms with Crippen molar-refractivity contribution >= 4 is 23.0 Å². The first-order valence-corrected chi connectivity index (χ1v) is 5.73. The Morgan fingerprint density at radius 2 is 1.94 bits per heavy atom. The Hall–Kier alpha value is -1.80. The minimum absolute atomic E-state index is 0.729. The number of benzene rings is 1. The van der Waals surface area contributed by atoms with Crippen molar-refractivity contribution in [3.63, 3.8) is 0 Å². The summed E-state index contributed by atoms with van der Waals surface area (Å²) in [4.78, 5) is 6.25. The first-order valence-electron chi connectivity index (χ1n) is 5.35. The number of nitrogens with zero attached hydrogens (tertiary/aromatic N) is 2. The normalized spacial score (nSPS) is 9.94. The van der Waals surface area contributed by atoms with Crippen LogP contribution < -0.4 is 4.90 Å². The maximum Gasteiger partial charge on any atom is 0.0600 e. The van der Waals surface area contributed by atoms with Crippen LogP contribution >= 0.6 is 11.6 Å². The summed E-state index contributed by atoms with van der Waals surface area (Å²) in [7, 11) is 0. The summed E-state index contributed by atoms with van der Waals surface area (Å²) in [5, 5.41) is 0.735. The summed E-state index contributed by atoms with van der Waals surface area (Å²) < 4.78 is 0. The number of rotatable bonds is 4. The highest BCUT2D eigenvalue weighted by atomic mass is 35.5. The lowest BCUT2D eigenvalue weighted by molar-refractivity contribution is 1.08. The average molecular weight is 245 g/mol. The van der Waals surface area contributed by atoms with Crippen LogP contribution in [0, 0.1) is 0 Å². The molecule has 1 aromatic carbocycles. The zero-order chi connectivity index (χ0) is 12.1. The van der Waals surface area contributed by atoms with E-state index in [1.165, 1.54) is 0 Å². The van der Waals surface area contributed by atoms with Crippen LogP contribution in [0.25, 0.3) is 0 Å². The first-order chi connectivity index (χ1) is 8.31. The molecule has 0 saturated carbocycles. The van der Waals surface area contributed by atoms with Gasteiger partial charge in [0.15, 0.2) is 0 Å². The number of anilines is 2. The number of aromatic nitrogens is 1. The Labute approximate surface area is 106 Å². The molecule has 0 aliphatic heterocycles. The molecule has 2 rings (SSSR count). The first kappa shape index (κ1) is 11.7. The van der Waals surface area contributed by atoms with Crippen LogP contribution in [0.2, 0.25) is 5.02 Å². The maximum absolute atomic E-state index is 5.89. The molecule has 3 heteroatoms. The van der Waals surface area contributed by atoms with Gasteiger partial charge in [0.1, 0.15) is 0 Å². The summed E-state index contributed by atoms with van der Waals surface area (Å²) in [6, 6.07) is 11.7. The Kier molecular flexibility index (Phi) is 3.78. The molecular formula is C14H13ClN2. The second-order valence-corrected chi connectivity index (χ2v) is 4.02. The predicted molar refractivity (Wildman–Crippen MR) is 72.9 cm³/mol. The highest BCUT2D eigenvalue weighted by Crippen LogP contribution is 2.25. The standard InChI is InChI=1S/C14H13ClN2/c1-2-10-17(14-4-3-9-16-11-14)13-7-5-12(15)6-8-13/h2-9,11H,1,10H2. The van der Waals surface area contributed by atoms with Gasteiger partial charge >= 0.3 is 0 Å². The molecule has 1 heterocycles. The molecule has 2 nitrogen and oxygen atoms in total. The molecule has 2 aromatic rings. The van der Waals surface area contributed by atoms with Crippen molar-refractivity contribution in [3.8, 4) is 0 Å². The molecule has 0 fully saturated rings. The summed E-state index contributed by atoms with van der Waals surface area (Å²) in [6.45, 7) is 4.51. The molecule has 0 aliphatic carbocycles. The average Bonchev–Trinajstić information content (AvgIpc) is 2.38. The highest BCUT2D eigenvalue weighted by molar-refractivity contribution is 6.30. The number of hydrogen-bond donors (Lipinski definition) is 0. The van der Waals surface area contributed by atoms with Crippen molar-refractivity contribution in [2.24, 2.45) is 0 Å². The largest absolute Gasteiger partial charge is 0.336 e. The molecule has 17 heavy (non-hydrogen) atoms. The number of halogens is 1. The van der Waals surface area contributed by atoms with Crippen molar-refractivity contribution in [1.29, 1.82) is 0 Å². The lowest BCUT2D eigenvalue weighted by Crippen LogP contribution is -2.16. The van der Waals surface area contributed by atoms with Gasteiger partial charge in [0.2, 0.25) is 0 Å². The second-order valence-electron chi connectivity index (χ2n) is 3.59. The van der Waals surface area contributed by atoms with Gasteiger partial charge in [-0.25, -0.2) is 0 Å². The summed E-state index contributed by atoms with van der Waals surface area (Å²) in [5.41, 5.74) is 2.11. The molecule has 86 valence electrons. The van der Waals surface area contributed by atoms with Gasteiger partial charge in [0.05, 0.1) is 11.9 Å². The van der Waals surface area contributed by atoms with Crippen LogP contribution in [0.3, 0.4) is 0 Å². The van der Waals surface area contributed by atoms with Crippen LogP contribution in [-0.2, 0) is 0 Å². The van der Waals surface area contributed by atoms with Gasteiger partial charge in [-0.15, -0.1) is 6.58 Å². The van der Waals surface area contributed by atoms with Crippen LogP contribution in [0.4, 0.5) is 11.4 Å². The molecule has 0 saturated heterocycles. The van der Waals surface area contributed by atoms with E-state index in [0.717, 1.165) is 22.9 Å². The van der Waals surface area contributed by atoms with Crippen LogP contribution in [0.1, 0.15) is 0 Å². The van der Waals surface area contributed by atoms with Gasteiger partial charge in [-0.1, -0.05) is 17.7 Å². The molecule has 0 spiro atoms. The van der Waals surface area contributed by atoms with Gasteiger partial charge in [-0.2, -0.15) is 0 Å². The van der Waals surface area contributed by atoms with Crippen molar-refractivity contribution in [2.45, 2.75) is 0 Å².